The summed E-state index contributed by atoms with van der Waals surface area (Å²) >= 11 is 1.85. The normalized spacial score (nSPS) is 12.5. The Hall–Kier alpha value is -0.740. The minimum absolute atomic E-state index is 0.0721. The standard InChI is InChI=1S/C12H20N2OS/c1-4-11(9-16-3)14(2)12-7-10(8-15)5-6-13-12/h5-7,11,15H,4,8-9H2,1-3H3. The van der Waals surface area contributed by atoms with Crippen molar-refractivity contribution in [2.45, 2.75) is 26.0 Å². The van der Waals surface area contributed by atoms with Gasteiger partial charge in [-0.1, -0.05) is 6.92 Å². The quantitative estimate of drug-likeness (QED) is 0.826. The van der Waals surface area contributed by atoms with E-state index in [0.29, 0.717) is 6.04 Å². The highest BCUT2D eigenvalue weighted by Gasteiger charge is 2.13. The summed E-state index contributed by atoms with van der Waals surface area (Å²) in [6.07, 6.45) is 4.97. The number of aliphatic hydroxyl groups is 1. The first-order valence-corrected chi connectivity index (χ1v) is 6.89. The van der Waals surface area contributed by atoms with Crippen LogP contribution in [0.2, 0.25) is 0 Å². The Morgan fingerprint density at radius 3 is 2.88 bits per heavy atom. The van der Waals surface area contributed by atoms with Crippen LogP contribution in [-0.4, -0.2) is 35.2 Å². The zero-order valence-electron chi connectivity index (χ0n) is 10.2. The molecular formula is C12H20N2OS. The van der Waals surface area contributed by atoms with E-state index in [-0.39, 0.29) is 6.61 Å². The van der Waals surface area contributed by atoms with Crippen molar-refractivity contribution < 1.29 is 5.11 Å². The first-order chi connectivity index (χ1) is 7.72. The maximum atomic E-state index is 9.09. The van der Waals surface area contributed by atoms with Gasteiger partial charge in [-0.2, -0.15) is 11.8 Å². The van der Waals surface area contributed by atoms with Crippen LogP contribution in [0.25, 0.3) is 0 Å². The van der Waals surface area contributed by atoms with Gasteiger partial charge in [0.15, 0.2) is 0 Å². The maximum absolute atomic E-state index is 9.09. The second kappa shape index (κ2) is 6.76. The lowest BCUT2D eigenvalue weighted by atomic mass is 10.2. The van der Waals surface area contributed by atoms with E-state index >= 15 is 0 Å². The zero-order chi connectivity index (χ0) is 12.0. The molecule has 0 saturated carbocycles. The van der Waals surface area contributed by atoms with E-state index in [1.54, 1.807) is 6.20 Å². The number of aromatic nitrogens is 1. The van der Waals surface area contributed by atoms with Gasteiger partial charge in [-0.3, -0.25) is 0 Å². The molecule has 0 bridgehead atoms. The molecule has 0 fully saturated rings. The highest BCUT2D eigenvalue weighted by molar-refractivity contribution is 7.98. The molecule has 4 heteroatoms. The molecule has 0 saturated heterocycles. The lowest BCUT2D eigenvalue weighted by Gasteiger charge is -2.28. The fraction of sp³-hybridized carbons (Fsp3) is 0.583. The van der Waals surface area contributed by atoms with Crippen molar-refractivity contribution in [1.82, 2.24) is 4.98 Å². The van der Waals surface area contributed by atoms with Crippen molar-refractivity contribution in [1.29, 1.82) is 0 Å². The van der Waals surface area contributed by atoms with Crippen molar-refractivity contribution in [3.63, 3.8) is 0 Å². The van der Waals surface area contributed by atoms with Crippen LogP contribution < -0.4 is 4.90 Å². The summed E-state index contributed by atoms with van der Waals surface area (Å²) in [5.74, 6) is 2.03. The molecule has 0 aromatic carbocycles. The summed E-state index contributed by atoms with van der Waals surface area (Å²) in [6.45, 7) is 2.26. The number of anilines is 1. The van der Waals surface area contributed by atoms with Crippen LogP contribution in [0.15, 0.2) is 18.3 Å². The van der Waals surface area contributed by atoms with Crippen molar-refractivity contribution >= 4 is 17.6 Å². The summed E-state index contributed by atoms with van der Waals surface area (Å²) in [5, 5.41) is 9.09. The molecule has 1 N–H and O–H groups in total. The van der Waals surface area contributed by atoms with Gasteiger partial charge in [-0.05, 0) is 30.4 Å². The summed E-state index contributed by atoms with van der Waals surface area (Å²) in [5.41, 5.74) is 0.913. The Morgan fingerprint density at radius 2 is 2.31 bits per heavy atom. The van der Waals surface area contributed by atoms with Gasteiger partial charge in [0.2, 0.25) is 0 Å². The Bertz CT molecular complexity index is 320. The van der Waals surface area contributed by atoms with Crippen LogP contribution in [0.1, 0.15) is 18.9 Å². The van der Waals surface area contributed by atoms with Gasteiger partial charge in [-0.15, -0.1) is 0 Å². The Kier molecular flexibility index (Phi) is 5.63. The molecule has 0 aliphatic heterocycles. The van der Waals surface area contributed by atoms with Gasteiger partial charge in [0.1, 0.15) is 5.82 Å². The average molecular weight is 240 g/mol. The number of aliphatic hydroxyl groups excluding tert-OH is 1. The fourth-order valence-electron chi connectivity index (χ4n) is 1.63. The summed E-state index contributed by atoms with van der Waals surface area (Å²) in [7, 11) is 2.06. The topological polar surface area (TPSA) is 36.4 Å². The Morgan fingerprint density at radius 1 is 1.56 bits per heavy atom. The molecular weight excluding hydrogens is 220 g/mol. The minimum Gasteiger partial charge on any atom is -0.392 e. The second-order valence-electron chi connectivity index (χ2n) is 3.81. The summed E-state index contributed by atoms with van der Waals surface area (Å²) in [4.78, 5) is 6.53. The molecule has 1 heterocycles. The van der Waals surface area contributed by atoms with Crippen LogP contribution in [0.4, 0.5) is 5.82 Å². The molecule has 16 heavy (non-hydrogen) atoms. The molecule has 0 aliphatic rings. The van der Waals surface area contributed by atoms with Gasteiger partial charge in [-0.25, -0.2) is 4.98 Å². The van der Waals surface area contributed by atoms with Crippen LogP contribution in [0, 0.1) is 0 Å². The lowest BCUT2D eigenvalue weighted by Crippen LogP contribution is -2.33. The molecule has 90 valence electrons. The van der Waals surface area contributed by atoms with Crippen LogP contribution in [0.3, 0.4) is 0 Å². The number of thioether (sulfide) groups is 1. The predicted octanol–water partition coefficient (Wildman–Crippen LogP) is 2.15. The SMILES string of the molecule is CCC(CSC)N(C)c1cc(CO)ccn1. The van der Waals surface area contributed by atoms with Crippen LogP contribution in [0.5, 0.6) is 0 Å². The largest absolute Gasteiger partial charge is 0.392 e. The van der Waals surface area contributed by atoms with Crippen LogP contribution in [-0.2, 0) is 6.61 Å². The molecule has 1 atom stereocenters. The highest BCUT2D eigenvalue weighted by Crippen LogP contribution is 2.17. The van der Waals surface area contributed by atoms with Gasteiger partial charge in [0.05, 0.1) is 6.61 Å². The molecule has 0 amide bonds. The van der Waals surface area contributed by atoms with Crippen molar-refractivity contribution in [3.05, 3.63) is 23.9 Å². The third-order valence-electron chi connectivity index (χ3n) is 2.73. The molecule has 1 aromatic rings. The third-order valence-corrected chi connectivity index (χ3v) is 3.45. The van der Waals surface area contributed by atoms with E-state index in [4.69, 9.17) is 5.11 Å². The molecule has 0 spiro atoms. The summed E-state index contributed by atoms with van der Waals surface area (Å²) < 4.78 is 0. The average Bonchev–Trinajstić information content (AvgIpc) is 2.35. The monoisotopic (exact) mass is 240 g/mol. The number of hydrogen-bond acceptors (Lipinski definition) is 4. The molecule has 1 aromatic heterocycles. The molecule has 3 nitrogen and oxygen atoms in total. The first kappa shape index (κ1) is 13.3. The van der Waals surface area contributed by atoms with Crippen LogP contribution >= 0.6 is 11.8 Å². The number of nitrogens with zero attached hydrogens (tertiary/aromatic N) is 2. The van der Waals surface area contributed by atoms with Gasteiger partial charge in [0, 0.05) is 25.0 Å². The van der Waals surface area contributed by atoms with Crippen molar-refractivity contribution in [2.24, 2.45) is 0 Å². The van der Waals surface area contributed by atoms with Gasteiger partial charge in [0.25, 0.3) is 0 Å². The number of hydrogen-bond donors (Lipinski definition) is 1. The first-order valence-electron chi connectivity index (χ1n) is 5.50. The molecule has 1 rings (SSSR count). The van der Waals surface area contributed by atoms with Gasteiger partial charge >= 0.3 is 0 Å². The highest BCUT2D eigenvalue weighted by atomic mass is 32.2. The minimum atomic E-state index is 0.0721. The molecule has 0 radical (unpaired) electrons. The van der Waals surface area contributed by atoms with Gasteiger partial charge < -0.3 is 10.0 Å². The summed E-state index contributed by atoms with van der Waals surface area (Å²) in [6, 6.07) is 4.28. The van der Waals surface area contributed by atoms with Crippen molar-refractivity contribution in [3.8, 4) is 0 Å². The lowest BCUT2D eigenvalue weighted by molar-refractivity contribution is 0.281. The number of rotatable bonds is 6. The Labute approximate surface area is 102 Å². The third kappa shape index (κ3) is 3.39. The van der Waals surface area contributed by atoms with E-state index < -0.39 is 0 Å². The fourth-order valence-corrected chi connectivity index (χ4v) is 2.48. The maximum Gasteiger partial charge on any atom is 0.128 e. The second-order valence-corrected chi connectivity index (χ2v) is 4.72. The zero-order valence-corrected chi connectivity index (χ0v) is 11.0. The van der Waals surface area contributed by atoms with E-state index in [1.165, 1.54) is 0 Å². The van der Waals surface area contributed by atoms with E-state index in [2.05, 4.69) is 30.1 Å². The predicted molar refractivity (Wildman–Crippen MR) is 71.0 cm³/mol. The number of pyridine rings is 1. The smallest absolute Gasteiger partial charge is 0.128 e. The van der Waals surface area contributed by atoms with E-state index in [1.807, 2.05) is 23.9 Å². The van der Waals surface area contributed by atoms with Crippen molar-refractivity contribution in [2.75, 3.05) is 24.0 Å². The molecule has 0 aliphatic carbocycles. The van der Waals surface area contributed by atoms with E-state index in [9.17, 15) is 0 Å². The Balaban J connectivity index is 2.80. The van der Waals surface area contributed by atoms with E-state index in [0.717, 1.165) is 23.6 Å². The molecule has 1 unspecified atom stereocenters.